The summed E-state index contributed by atoms with van der Waals surface area (Å²) in [5.41, 5.74) is 0. The lowest BCUT2D eigenvalue weighted by molar-refractivity contribution is -0.156. The lowest BCUT2D eigenvalue weighted by Gasteiger charge is -2.34. The Morgan fingerprint density at radius 2 is 2.05 bits per heavy atom. The number of nitrogens with one attached hydrogen (secondary N) is 1. The van der Waals surface area contributed by atoms with E-state index >= 15 is 0 Å². The van der Waals surface area contributed by atoms with E-state index in [0.29, 0.717) is 13.0 Å². The van der Waals surface area contributed by atoms with Gasteiger partial charge in [-0.3, -0.25) is 4.79 Å². The number of piperidine rings is 1. The molecule has 0 radical (unpaired) electrons. The SMILES string of the molecule is CCOC(=O)C1CCCCN1C(=O)CNCC(F)(F)F. The van der Waals surface area contributed by atoms with Crippen LogP contribution in [0.2, 0.25) is 0 Å². The number of esters is 1. The minimum atomic E-state index is -4.36. The summed E-state index contributed by atoms with van der Waals surface area (Å²) < 4.78 is 40.9. The molecule has 1 amide bonds. The summed E-state index contributed by atoms with van der Waals surface area (Å²) in [6, 6.07) is -0.677. The van der Waals surface area contributed by atoms with Gasteiger partial charge in [-0.05, 0) is 26.2 Å². The highest BCUT2D eigenvalue weighted by molar-refractivity contribution is 5.85. The van der Waals surface area contributed by atoms with Crippen LogP contribution in [0, 0.1) is 0 Å². The molecule has 1 unspecified atom stereocenters. The second kappa shape index (κ2) is 7.47. The predicted octanol–water partition coefficient (Wildman–Crippen LogP) is 1.08. The first-order chi connectivity index (χ1) is 9.35. The number of hydrogen-bond donors (Lipinski definition) is 1. The van der Waals surface area contributed by atoms with E-state index < -0.39 is 37.2 Å². The van der Waals surface area contributed by atoms with Crippen molar-refractivity contribution in [1.82, 2.24) is 10.2 Å². The number of halogens is 3. The number of nitrogens with zero attached hydrogens (tertiary/aromatic N) is 1. The van der Waals surface area contributed by atoms with Gasteiger partial charge in [0.25, 0.3) is 0 Å². The quantitative estimate of drug-likeness (QED) is 0.771. The van der Waals surface area contributed by atoms with Crippen LogP contribution in [0.5, 0.6) is 0 Å². The highest BCUT2D eigenvalue weighted by Crippen LogP contribution is 2.18. The highest BCUT2D eigenvalue weighted by Gasteiger charge is 2.33. The van der Waals surface area contributed by atoms with Gasteiger partial charge in [-0.25, -0.2) is 4.79 Å². The van der Waals surface area contributed by atoms with Crippen molar-refractivity contribution in [3.63, 3.8) is 0 Å². The van der Waals surface area contributed by atoms with Crippen LogP contribution in [0.3, 0.4) is 0 Å². The fraction of sp³-hybridized carbons (Fsp3) is 0.833. The van der Waals surface area contributed by atoms with Gasteiger partial charge < -0.3 is 15.0 Å². The van der Waals surface area contributed by atoms with E-state index in [4.69, 9.17) is 4.74 Å². The summed E-state index contributed by atoms with van der Waals surface area (Å²) in [7, 11) is 0. The molecular weight excluding hydrogens is 277 g/mol. The van der Waals surface area contributed by atoms with Crippen molar-refractivity contribution in [2.75, 3.05) is 26.2 Å². The van der Waals surface area contributed by atoms with Crippen LogP contribution < -0.4 is 5.32 Å². The molecule has 1 atom stereocenters. The molecule has 1 N–H and O–H groups in total. The maximum absolute atomic E-state index is 12.0. The fourth-order valence-corrected chi connectivity index (χ4v) is 2.13. The second-order valence-corrected chi connectivity index (χ2v) is 4.57. The Morgan fingerprint density at radius 1 is 1.35 bits per heavy atom. The third-order valence-electron chi connectivity index (χ3n) is 2.98. The number of carbonyl (C=O) groups excluding carboxylic acids is 2. The molecule has 0 aromatic rings. The molecule has 1 heterocycles. The largest absolute Gasteiger partial charge is 0.464 e. The lowest BCUT2D eigenvalue weighted by Crippen LogP contribution is -2.51. The molecular formula is C12H19F3N2O3. The Hall–Kier alpha value is -1.31. The summed E-state index contributed by atoms with van der Waals surface area (Å²) >= 11 is 0. The Bertz CT molecular complexity index is 347. The molecule has 20 heavy (non-hydrogen) atoms. The highest BCUT2D eigenvalue weighted by atomic mass is 19.4. The fourth-order valence-electron chi connectivity index (χ4n) is 2.13. The maximum atomic E-state index is 12.0. The number of likely N-dealkylation sites (tertiary alicyclic amines) is 1. The van der Waals surface area contributed by atoms with Gasteiger partial charge in [0.05, 0.1) is 19.7 Å². The lowest BCUT2D eigenvalue weighted by atomic mass is 10.0. The normalized spacial score (nSPS) is 19.8. The molecule has 1 saturated heterocycles. The van der Waals surface area contributed by atoms with E-state index in [9.17, 15) is 22.8 Å². The summed E-state index contributed by atoms with van der Waals surface area (Å²) in [6.45, 7) is 0.587. The summed E-state index contributed by atoms with van der Waals surface area (Å²) in [5, 5.41) is 2.05. The molecule has 0 spiro atoms. The molecule has 1 fully saturated rings. The standard InChI is InChI=1S/C12H19F3N2O3/c1-2-20-11(19)9-5-3-4-6-17(9)10(18)7-16-8-12(13,14)15/h9,16H,2-8H2,1H3. The molecule has 0 bridgehead atoms. The molecule has 0 aromatic carbocycles. The number of amides is 1. The molecule has 0 aliphatic carbocycles. The molecule has 1 aliphatic rings. The van der Waals surface area contributed by atoms with Gasteiger partial charge in [-0.1, -0.05) is 0 Å². The first-order valence-electron chi connectivity index (χ1n) is 6.58. The Kier molecular flexibility index (Phi) is 6.25. The summed E-state index contributed by atoms with van der Waals surface area (Å²) in [6.07, 6.45) is -2.34. The molecule has 8 heteroatoms. The van der Waals surface area contributed by atoms with Gasteiger partial charge >= 0.3 is 12.1 Å². The van der Waals surface area contributed by atoms with E-state index in [2.05, 4.69) is 0 Å². The van der Waals surface area contributed by atoms with Crippen molar-refractivity contribution in [2.45, 2.75) is 38.4 Å². The van der Waals surface area contributed by atoms with Gasteiger partial charge in [-0.2, -0.15) is 13.2 Å². The van der Waals surface area contributed by atoms with Gasteiger partial charge in [0, 0.05) is 6.54 Å². The average molecular weight is 296 g/mol. The minimum Gasteiger partial charge on any atom is -0.464 e. The number of ether oxygens (including phenoxy) is 1. The Balaban J connectivity index is 2.52. The van der Waals surface area contributed by atoms with Gasteiger partial charge in [0.15, 0.2) is 0 Å². The van der Waals surface area contributed by atoms with Crippen LogP contribution in [0.4, 0.5) is 13.2 Å². The van der Waals surface area contributed by atoms with Gasteiger partial charge in [0.2, 0.25) is 5.91 Å². The molecule has 5 nitrogen and oxygen atoms in total. The monoisotopic (exact) mass is 296 g/mol. The van der Waals surface area contributed by atoms with Crippen molar-refractivity contribution < 1.29 is 27.5 Å². The van der Waals surface area contributed by atoms with Crippen molar-refractivity contribution in [1.29, 1.82) is 0 Å². The first kappa shape index (κ1) is 16.7. The van der Waals surface area contributed by atoms with Crippen LogP contribution >= 0.6 is 0 Å². The van der Waals surface area contributed by atoms with Crippen LogP contribution in [-0.4, -0.2) is 55.2 Å². The zero-order valence-electron chi connectivity index (χ0n) is 11.3. The smallest absolute Gasteiger partial charge is 0.401 e. The number of rotatable bonds is 5. The Morgan fingerprint density at radius 3 is 2.65 bits per heavy atom. The van der Waals surface area contributed by atoms with E-state index in [0.717, 1.165) is 12.8 Å². The predicted molar refractivity (Wildman–Crippen MR) is 64.9 cm³/mol. The van der Waals surface area contributed by atoms with E-state index in [-0.39, 0.29) is 6.61 Å². The average Bonchev–Trinajstić information content (AvgIpc) is 2.37. The third-order valence-corrected chi connectivity index (χ3v) is 2.98. The molecule has 1 rings (SSSR count). The van der Waals surface area contributed by atoms with E-state index in [1.165, 1.54) is 4.90 Å². The van der Waals surface area contributed by atoms with Crippen molar-refractivity contribution in [3.05, 3.63) is 0 Å². The number of carbonyl (C=O) groups is 2. The maximum Gasteiger partial charge on any atom is 0.401 e. The molecule has 0 aromatic heterocycles. The van der Waals surface area contributed by atoms with Gasteiger partial charge in [-0.15, -0.1) is 0 Å². The number of alkyl halides is 3. The van der Waals surface area contributed by atoms with Crippen molar-refractivity contribution in [3.8, 4) is 0 Å². The van der Waals surface area contributed by atoms with Crippen LogP contribution in [-0.2, 0) is 14.3 Å². The molecule has 0 saturated carbocycles. The van der Waals surface area contributed by atoms with Crippen LogP contribution in [0.1, 0.15) is 26.2 Å². The van der Waals surface area contributed by atoms with Crippen LogP contribution in [0.25, 0.3) is 0 Å². The molecule has 1 aliphatic heterocycles. The second-order valence-electron chi connectivity index (χ2n) is 4.57. The third kappa shape index (κ3) is 5.36. The van der Waals surface area contributed by atoms with Crippen molar-refractivity contribution in [2.24, 2.45) is 0 Å². The van der Waals surface area contributed by atoms with E-state index in [1.807, 2.05) is 5.32 Å². The Labute approximate surface area is 115 Å². The number of hydrogen-bond acceptors (Lipinski definition) is 4. The molecule has 116 valence electrons. The van der Waals surface area contributed by atoms with Gasteiger partial charge in [0.1, 0.15) is 6.04 Å². The zero-order valence-corrected chi connectivity index (χ0v) is 11.3. The van der Waals surface area contributed by atoms with E-state index in [1.54, 1.807) is 6.92 Å². The first-order valence-corrected chi connectivity index (χ1v) is 6.58. The summed E-state index contributed by atoms with van der Waals surface area (Å²) in [5.74, 6) is -0.997. The van der Waals surface area contributed by atoms with Crippen molar-refractivity contribution >= 4 is 11.9 Å². The topological polar surface area (TPSA) is 58.6 Å². The zero-order chi connectivity index (χ0) is 15.2. The van der Waals surface area contributed by atoms with Crippen LogP contribution in [0.15, 0.2) is 0 Å². The summed E-state index contributed by atoms with van der Waals surface area (Å²) in [4.78, 5) is 24.9. The minimum absolute atomic E-state index is 0.212.